The van der Waals surface area contributed by atoms with E-state index >= 15 is 0 Å². The summed E-state index contributed by atoms with van der Waals surface area (Å²) in [5.41, 5.74) is 7.83. The van der Waals surface area contributed by atoms with Crippen molar-refractivity contribution >= 4 is 17.3 Å². The van der Waals surface area contributed by atoms with E-state index in [1.807, 2.05) is 6.07 Å². The third kappa shape index (κ3) is 2.47. The molecule has 88 valence electrons. The van der Waals surface area contributed by atoms with E-state index in [0.717, 1.165) is 0 Å². The normalized spacial score (nSPS) is 9.50. The lowest BCUT2D eigenvalue weighted by Gasteiger charge is -2.07. The number of nitrogens with two attached hydrogens (primary N) is 1. The molecule has 0 bridgehead atoms. The third-order valence-electron chi connectivity index (χ3n) is 2.49. The summed E-state index contributed by atoms with van der Waals surface area (Å²) in [6, 6.07) is 15.5. The number of benzene rings is 2. The number of nitriles is 1. The van der Waals surface area contributed by atoms with Gasteiger partial charge in [-0.05, 0) is 36.4 Å². The van der Waals surface area contributed by atoms with Crippen molar-refractivity contribution in [1.82, 2.24) is 0 Å². The van der Waals surface area contributed by atoms with Crippen LogP contribution in [-0.4, -0.2) is 5.91 Å². The molecule has 2 aromatic carbocycles. The molecule has 0 fully saturated rings. The summed E-state index contributed by atoms with van der Waals surface area (Å²) < 4.78 is 0. The zero-order valence-corrected chi connectivity index (χ0v) is 9.55. The molecule has 0 atom stereocenters. The minimum atomic E-state index is -0.252. The Bertz CT molecular complexity index is 612. The smallest absolute Gasteiger partial charge is 0.255 e. The van der Waals surface area contributed by atoms with Gasteiger partial charge in [0.1, 0.15) is 0 Å². The Kier molecular flexibility index (Phi) is 3.26. The van der Waals surface area contributed by atoms with E-state index in [-0.39, 0.29) is 5.91 Å². The van der Waals surface area contributed by atoms with Gasteiger partial charge in [-0.15, -0.1) is 0 Å². The van der Waals surface area contributed by atoms with Crippen molar-refractivity contribution in [1.29, 1.82) is 5.26 Å². The SMILES string of the molecule is N#Cc1ccc(C(=O)Nc2ccccc2N)cc1. The molecule has 0 aliphatic carbocycles. The topological polar surface area (TPSA) is 78.9 Å². The second-order valence-electron chi connectivity index (χ2n) is 3.73. The summed E-state index contributed by atoms with van der Waals surface area (Å²) in [6.07, 6.45) is 0. The van der Waals surface area contributed by atoms with Crippen LogP contribution in [0.5, 0.6) is 0 Å². The van der Waals surface area contributed by atoms with Crippen LogP contribution in [0, 0.1) is 11.3 Å². The van der Waals surface area contributed by atoms with E-state index in [9.17, 15) is 4.79 Å². The molecule has 3 N–H and O–H groups in total. The lowest BCUT2D eigenvalue weighted by atomic mass is 10.1. The van der Waals surface area contributed by atoms with Crippen LogP contribution in [0.2, 0.25) is 0 Å². The van der Waals surface area contributed by atoms with Gasteiger partial charge in [0.2, 0.25) is 0 Å². The van der Waals surface area contributed by atoms with Gasteiger partial charge in [-0.1, -0.05) is 12.1 Å². The number of nitrogens with zero attached hydrogens (tertiary/aromatic N) is 1. The molecule has 4 nitrogen and oxygen atoms in total. The van der Waals surface area contributed by atoms with Gasteiger partial charge in [0.25, 0.3) is 5.91 Å². The first-order valence-electron chi connectivity index (χ1n) is 5.37. The standard InChI is InChI=1S/C14H11N3O/c15-9-10-5-7-11(8-6-10)14(18)17-13-4-2-1-3-12(13)16/h1-8H,16H2,(H,17,18). The van der Waals surface area contributed by atoms with Gasteiger partial charge in [0.15, 0.2) is 0 Å². The van der Waals surface area contributed by atoms with Crippen molar-refractivity contribution in [2.75, 3.05) is 11.1 Å². The number of anilines is 2. The van der Waals surface area contributed by atoms with Crippen LogP contribution in [-0.2, 0) is 0 Å². The largest absolute Gasteiger partial charge is 0.397 e. The van der Waals surface area contributed by atoms with Crippen LogP contribution in [0.1, 0.15) is 15.9 Å². The van der Waals surface area contributed by atoms with E-state index in [1.165, 1.54) is 0 Å². The summed E-state index contributed by atoms with van der Waals surface area (Å²) in [4.78, 5) is 11.9. The van der Waals surface area contributed by atoms with E-state index in [2.05, 4.69) is 5.32 Å². The fourth-order valence-electron chi connectivity index (χ4n) is 1.50. The number of hydrogen-bond donors (Lipinski definition) is 2. The molecule has 0 aliphatic rings. The maximum atomic E-state index is 11.9. The molecule has 0 heterocycles. The monoisotopic (exact) mass is 237 g/mol. The Morgan fingerprint density at radius 3 is 2.39 bits per heavy atom. The Hall–Kier alpha value is -2.80. The number of nitrogens with one attached hydrogen (secondary N) is 1. The summed E-state index contributed by atoms with van der Waals surface area (Å²) in [5, 5.41) is 11.4. The lowest BCUT2D eigenvalue weighted by Crippen LogP contribution is -2.12. The van der Waals surface area contributed by atoms with Crippen molar-refractivity contribution in [3.05, 3.63) is 59.7 Å². The second kappa shape index (κ2) is 5.02. The Morgan fingerprint density at radius 1 is 1.11 bits per heavy atom. The first-order chi connectivity index (χ1) is 8.70. The van der Waals surface area contributed by atoms with Crippen LogP contribution < -0.4 is 11.1 Å². The molecule has 0 saturated carbocycles. The molecule has 1 amide bonds. The van der Waals surface area contributed by atoms with Crippen molar-refractivity contribution in [2.24, 2.45) is 0 Å². The van der Waals surface area contributed by atoms with E-state index < -0.39 is 0 Å². The van der Waals surface area contributed by atoms with Gasteiger partial charge in [-0.3, -0.25) is 4.79 Å². The van der Waals surface area contributed by atoms with Crippen LogP contribution in [0.15, 0.2) is 48.5 Å². The molecule has 0 aromatic heterocycles. The number of para-hydroxylation sites is 2. The summed E-state index contributed by atoms with van der Waals surface area (Å²) >= 11 is 0. The highest BCUT2D eigenvalue weighted by Gasteiger charge is 2.07. The molecule has 18 heavy (non-hydrogen) atoms. The number of rotatable bonds is 2. The highest BCUT2D eigenvalue weighted by molar-refractivity contribution is 6.05. The minimum Gasteiger partial charge on any atom is -0.397 e. The summed E-state index contributed by atoms with van der Waals surface area (Å²) in [5.74, 6) is -0.252. The average Bonchev–Trinajstić information content (AvgIpc) is 2.41. The van der Waals surface area contributed by atoms with Crippen molar-refractivity contribution in [3.63, 3.8) is 0 Å². The van der Waals surface area contributed by atoms with Crippen LogP contribution >= 0.6 is 0 Å². The Labute approximate surface area is 105 Å². The molecule has 0 saturated heterocycles. The Morgan fingerprint density at radius 2 is 1.78 bits per heavy atom. The molecular formula is C14H11N3O. The predicted molar refractivity (Wildman–Crippen MR) is 70.0 cm³/mol. The van der Waals surface area contributed by atoms with E-state index in [0.29, 0.717) is 22.5 Å². The fraction of sp³-hybridized carbons (Fsp3) is 0. The van der Waals surface area contributed by atoms with Gasteiger partial charge in [-0.2, -0.15) is 5.26 Å². The van der Waals surface area contributed by atoms with Gasteiger partial charge in [-0.25, -0.2) is 0 Å². The van der Waals surface area contributed by atoms with Crippen LogP contribution in [0.3, 0.4) is 0 Å². The third-order valence-corrected chi connectivity index (χ3v) is 2.49. The number of nitrogen functional groups attached to an aromatic ring is 1. The highest BCUT2D eigenvalue weighted by atomic mass is 16.1. The Balaban J connectivity index is 2.17. The molecule has 0 spiro atoms. The van der Waals surface area contributed by atoms with Gasteiger partial charge in [0.05, 0.1) is 23.0 Å². The molecular weight excluding hydrogens is 226 g/mol. The molecule has 0 aliphatic heterocycles. The fourth-order valence-corrected chi connectivity index (χ4v) is 1.50. The van der Waals surface area contributed by atoms with Crippen LogP contribution in [0.4, 0.5) is 11.4 Å². The minimum absolute atomic E-state index is 0.252. The zero-order chi connectivity index (χ0) is 13.0. The van der Waals surface area contributed by atoms with Crippen molar-refractivity contribution < 1.29 is 4.79 Å². The molecule has 4 heteroatoms. The van der Waals surface area contributed by atoms with Crippen LogP contribution in [0.25, 0.3) is 0 Å². The number of carbonyl (C=O) groups is 1. The lowest BCUT2D eigenvalue weighted by molar-refractivity contribution is 0.102. The molecule has 0 radical (unpaired) electrons. The highest BCUT2D eigenvalue weighted by Crippen LogP contribution is 2.17. The number of carbonyl (C=O) groups excluding carboxylic acids is 1. The quantitative estimate of drug-likeness (QED) is 0.787. The van der Waals surface area contributed by atoms with Gasteiger partial charge in [0, 0.05) is 5.56 Å². The first-order valence-corrected chi connectivity index (χ1v) is 5.37. The molecule has 2 rings (SSSR count). The van der Waals surface area contributed by atoms with Crippen molar-refractivity contribution in [3.8, 4) is 6.07 Å². The van der Waals surface area contributed by atoms with Gasteiger partial charge >= 0.3 is 0 Å². The molecule has 2 aromatic rings. The van der Waals surface area contributed by atoms with Gasteiger partial charge < -0.3 is 11.1 Å². The molecule has 0 unspecified atom stereocenters. The van der Waals surface area contributed by atoms with Crippen molar-refractivity contribution in [2.45, 2.75) is 0 Å². The summed E-state index contributed by atoms with van der Waals surface area (Å²) in [7, 11) is 0. The van der Waals surface area contributed by atoms with E-state index in [1.54, 1.807) is 48.5 Å². The number of amides is 1. The maximum Gasteiger partial charge on any atom is 0.255 e. The average molecular weight is 237 g/mol. The second-order valence-corrected chi connectivity index (χ2v) is 3.73. The first kappa shape index (κ1) is 11.7. The summed E-state index contributed by atoms with van der Waals surface area (Å²) in [6.45, 7) is 0. The van der Waals surface area contributed by atoms with E-state index in [4.69, 9.17) is 11.0 Å². The predicted octanol–water partition coefficient (Wildman–Crippen LogP) is 2.39. The number of hydrogen-bond acceptors (Lipinski definition) is 3. The maximum absolute atomic E-state index is 11.9. The zero-order valence-electron chi connectivity index (χ0n) is 9.55.